The zero-order chi connectivity index (χ0) is 12.9. The van der Waals surface area contributed by atoms with Crippen LogP contribution in [-0.4, -0.2) is 23.4 Å². The van der Waals surface area contributed by atoms with E-state index in [-0.39, 0.29) is 18.1 Å². The lowest BCUT2D eigenvalue weighted by Gasteiger charge is -2.23. The first-order valence-electron chi connectivity index (χ1n) is 5.18. The van der Waals surface area contributed by atoms with Gasteiger partial charge in [-0.1, -0.05) is 33.6 Å². The first kappa shape index (κ1) is 14.3. The third-order valence-corrected chi connectivity index (χ3v) is 3.61. The summed E-state index contributed by atoms with van der Waals surface area (Å²) < 4.78 is 5.33. The third kappa shape index (κ3) is 5.41. The zero-order valence-electron chi connectivity index (χ0n) is 9.80. The van der Waals surface area contributed by atoms with Gasteiger partial charge in [0.25, 0.3) is 5.91 Å². The van der Waals surface area contributed by atoms with E-state index in [4.69, 9.17) is 16.3 Å². The second kappa shape index (κ2) is 6.26. The van der Waals surface area contributed by atoms with Crippen molar-refractivity contribution in [2.45, 2.75) is 19.4 Å². The summed E-state index contributed by atoms with van der Waals surface area (Å²) in [6.45, 7) is 3.84. The molecule has 0 radical (unpaired) electrons. The van der Waals surface area contributed by atoms with E-state index in [1.807, 2.05) is 13.8 Å². The molecule has 0 aliphatic rings. The van der Waals surface area contributed by atoms with Crippen LogP contribution in [0.5, 0.6) is 5.75 Å². The number of amides is 1. The molecule has 0 spiro atoms. The number of carbonyl (C=O) groups excluding carboxylic acids is 1. The Bertz CT molecular complexity index is 396. The van der Waals surface area contributed by atoms with E-state index >= 15 is 0 Å². The van der Waals surface area contributed by atoms with Crippen LogP contribution in [0, 0.1) is 0 Å². The Morgan fingerprint density at radius 2 is 2.24 bits per heavy atom. The maximum Gasteiger partial charge on any atom is 0.258 e. The molecule has 1 N–H and O–H groups in total. The standard InChI is InChI=1S/C12H15BrClNO2/c1-12(2,8-13)15-11(16)7-17-10-5-3-4-9(14)6-10/h3-6H,7-8H2,1-2H3,(H,15,16). The molecular weight excluding hydrogens is 305 g/mol. The normalized spacial score (nSPS) is 11.1. The quantitative estimate of drug-likeness (QED) is 0.847. The van der Waals surface area contributed by atoms with Crippen molar-refractivity contribution in [2.75, 3.05) is 11.9 Å². The van der Waals surface area contributed by atoms with Crippen LogP contribution >= 0.6 is 27.5 Å². The van der Waals surface area contributed by atoms with Crippen LogP contribution < -0.4 is 10.1 Å². The van der Waals surface area contributed by atoms with Gasteiger partial charge >= 0.3 is 0 Å². The van der Waals surface area contributed by atoms with E-state index in [2.05, 4.69) is 21.2 Å². The van der Waals surface area contributed by atoms with Crippen LogP contribution in [0.3, 0.4) is 0 Å². The molecule has 0 atom stereocenters. The van der Waals surface area contributed by atoms with Crippen molar-refractivity contribution < 1.29 is 9.53 Å². The van der Waals surface area contributed by atoms with Crippen LogP contribution in [0.1, 0.15) is 13.8 Å². The smallest absolute Gasteiger partial charge is 0.258 e. The molecule has 0 bridgehead atoms. The van der Waals surface area contributed by atoms with Gasteiger partial charge in [-0.2, -0.15) is 0 Å². The molecule has 3 nitrogen and oxygen atoms in total. The molecular formula is C12H15BrClNO2. The van der Waals surface area contributed by atoms with E-state index < -0.39 is 0 Å². The highest BCUT2D eigenvalue weighted by molar-refractivity contribution is 9.09. The lowest BCUT2D eigenvalue weighted by Crippen LogP contribution is -2.46. The molecule has 17 heavy (non-hydrogen) atoms. The average molecular weight is 321 g/mol. The lowest BCUT2D eigenvalue weighted by atomic mass is 10.1. The fraction of sp³-hybridized carbons (Fsp3) is 0.417. The molecule has 0 saturated heterocycles. The summed E-state index contributed by atoms with van der Waals surface area (Å²) in [5, 5.41) is 4.12. The molecule has 1 rings (SSSR count). The molecule has 0 aliphatic carbocycles. The van der Waals surface area contributed by atoms with Crippen molar-refractivity contribution in [2.24, 2.45) is 0 Å². The molecule has 5 heteroatoms. The molecule has 0 fully saturated rings. The summed E-state index contributed by atoms with van der Waals surface area (Å²) in [5.41, 5.74) is -0.283. The fourth-order valence-corrected chi connectivity index (χ4v) is 1.47. The van der Waals surface area contributed by atoms with E-state index in [0.717, 1.165) is 0 Å². The number of benzene rings is 1. The monoisotopic (exact) mass is 319 g/mol. The lowest BCUT2D eigenvalue weighted by molar-refractivity contribution is -0.124. The molecule has 0 heterocycles. The minimum atomic E-state index is -0.283. The van der Waals surface area contributed by atoms with Gasteiger partial charge in [0.1, 0.15) is 5.75 Å². The van der Waals surface area contributed by atoms with E-state index in [1.54, 1.807) is 24.3 Å². The van der Waals surface area contributed by atoms with Crippen LogP contribution in [-0.2, 0) is 4.79 Å². The van der Waals surface area contributed by atoms with Gasteiger partial charge in [0.15, 0.2) is 6.61 Å². The molecule has 94 valence electrons. The highest BCUT2D eigenvalue weighted by atomic mass is 79.9. The number of rotatable bonds is 5. The number of alkyl halides is 1. The van der Waals surface area contributed by atoms with Crippen molar-refractivity contribution in [1.82, 2.24) is 5.32 Å². The van der Waals surface area contributed by atoms with Gasteiger partial charge in [-0.15, -0.1) is 0 Å². The predicted octanol–water partition coefficient (Wildman–Crippen LogP) is 3.01. The minimum Gasteiger partial charge on any atom is -0.484 e. The van der Waals surface area contributed by atoms with Crippen LogP contribution in [0.15, 0.2) is 24.3 Å². The number of hydrogen-bond donors (Lipinski definition) is 1. The predicted molar refractivity (Wildman–Crippen MR) is 73.0 cm³/mol. The van der Waals surface area contributed by atoms with Gasteiger partial charge < -0.3 is 10.1 Å². The van der Waals surface area contributed by atoms with Gasteiger partial charge in [-0.05, 0) is 32.0 Å². The fourth-order valence-electron chi connectivity index (χ4n) is 1.15. The Labute approximate surface area is 115 Å². The molecule has 0 aliphatic heterocycles. The van der Waals surface area contributed by atoms with Gasteiger partial charge in [0.2, 0.25) is 0 Å². The second-order valence-electron chi connectivity index (χ2n) is 4.31. The van der Waals surface area contributed by atoms with Gasteiger partial charge in [-0.25, -0.2) is 0 Å². The van der Waals surface area contributed by atoms with Gasteiger partial charge in [0.05, 0.1) is 0 Å². The molecule has 1 aromatic rings. The van der Waals surface area contributed by atoms with E-state index in [9.17, 15) is 4.79 Å². The second-order valence-corrected chi connectivity index (χ2v) is 5.31. The number of carbonyl (C=O) groups is 1. The van der Waals surface area contributed by atoms with Crippen molar-refractivity contribution in [1.29, 1.82) is 0 Å². The maximum atomic E-state index is 11.6. The van der Waals surface area contributed by atoms with Gasteiger partial charge in [0, 0.05) is 15.9 Å². The van der Waals surface area contributed by atoms with Gasteiger partial charge in [-0.3, -0.25) is 4.79 Å². The molecule has 1 aromatic carbocycles. The minimum absolute atomic E-state index is 0.0171. The number of halogens is 2. The average Bonchev–Trinajstić information content (AvgIpc) is 2.26. The Morgan fingerprint density at radius 3 is 2.82 bits per heavy atom. The topological polar surface area (TPSA) is 38.3 Å². The van der Waals surface area contributed by atoms with E-state index in [0.29, 0.717) is 16.1 Å². The summed E-state index contributed by atoms with van der Waals surface area (Å²) >= 11 is 9.13. The SMILES string of the molecule is CC(C)(CBr)NC(=O)COc1cccc(Cl)c1. The highest BCUT2D eigenvalue weighted by Gasteiger charge is 2.18. The maximum absolute atomic E-state index is 11.6. The molecule has 0 saturated carbocycles. The van der Waals surface area contributed by atoms with Crippen molar-refractivity contribution >= 4 is 33.4 Å². The molecule has 1 amide bonds. The number of hydrogen-bond acceptors (Lipinski definition) is 2. The highest BCUT2D eigenvalue weighted by Crippen LogP contribution is 2.16. The third-order valence-electron chi connectivity index (χ3n) is 1.98. The molecule has 0 aromatic heterocycles. The van der Waals surface area contributed by atoms with Crippen LogP contribution in [0.4, 0.5) is 0 Å². The van der Waals surface area contributed by atoms with Crippen LogP contribution in [0.25, 0.3) is 0 Å². The summed E-state index contributed by atoms with van der Waals surface area (Å²) in [6, 6.07) is 6.96. The summed E-state index contributed by atoms with van der Waals surface area (Å²) in [7, 11) is 0. The summed E-state index contributed by atoms with van der Waals surface area (Å²) in [6.07, 6.45) is 0. The summed E-state index contributed by atoms with van der Waals surface area (Å²) in [4.78, 5) is 11.6. The first-order chi connectivity index (χ1) is 7.93. The summed E-state index contributed by atoms with van der Waals surface area (Å²) in [5.74, 6) is 0.429. The first-order valence-corrected chi connectivity index (χ1v) is 6.68. The Kier molecular flexibility index (Phi) is 5.28. The Morgan fingerprint density at radius 1 is 1.53 bits per heavy atom. The Hall–Kier alpha value is -0.740. The van der Waals surface area contributed by atoms with Crippen molar-refractivity contribution in [3.63, 3.8) is 0 Å². The van der Waals surface area contributed by atoms with Crippen molar-refractivity contribution in [3.8, 4) is 5.75 Å². The Balaban J connectivity index is 2.44. The van der Waals surface area contributed by atoms with Crippen LogP contribution in [0.2, 0.25) is 5.02 Å². The largest absolute Gasteiger partial charge is 0.484 e. The molecule has 0 unspecified atom stereocenters. The van der Waals surface area contributed by atoms with Crippen molar-refractivity contribution in [3.05, 3.63) is 29.3 Å². The van der Waals surface area contributed by atoms with E-state index in [1.165, 1.54) is 0 Å². The number of ether oxygens (including phenoxy) is 1. The zero-order valence-corrected chi connectivity index (χ0v) is 12.1. The number of nitrogens with one attached hydrogen (secondary N) is 1.